The quantitative estimate of drug-likeness (QED) is 0.554. The van der Waals surface area contributed by atoms with Crippen LogP contribution in [0.4, 0.5) is 11.4 Å². The largest absolute Gasteiger partial charge is 0.502 e. The number of ether oxygens (including phenoxy) is 2. The number of hydrogen-bond donors (Lipinski definition) is 1. The minimum atomic E-state index is -0.831. The SMILES string of the molecule is COc1ccc(N2CCN3C(=O)C(=O)[N+](CC(=O)Nc4ccccc4OC)=NC32)cc1. The van der Waals surface area contributed by atoms with Gasteiger partial charge in [0.25, 0.3) is 18.7 Å². The molecule has 1 atom stereocenters. The number of hydrogen-bond acceptors (Lipinski definition) is 7. The topological polar surface area (TPSA) is 104 Å². The van der Waals surface area contributed by atoms with Gasteiger partial charge < -0.3 is 19.7 Å². The molecule has 0 aromatic heterocycles. The number of rotatable bonds is 6. The fraction of sp³-hybridized carbons (Fsp3) is 0.286. The van der Waals surface area contributed by atoms with Gasteiger partial charge in [0.2, 0.25) is 0 Å². The molecule has 1 unspecified atom stereocenters. The molecule has 1 N–H and O–H groups in total. The molecule has 160 valence electrons. The molecule has 0 radical (unpaired) electrons. The van der Waals surface area contributed by atoms with Crippen molar-refractivity contribution in [3.8, 4) is 11.5 Å². The maximum Gasteiger partial charge on any atom is 0.502 e. The lowest BCUT2D eigenvalue weighted by Crippen LogP contribution is -2.52. The van der Waals surface area contributed by atoms with Crippen molar-refractivity contribution in [3.05, 3.63) is 48.5 Å². The van der Waals surface area contributed by atoms with Gasteiger partial charge in [0.15, 0.2) is 0 Å². The lowest BCUT2D eigenvalue weighted by molar-refractivity contribution is -0.509. The minimum absolute atomic E-state index is 0.367. The van der Waals surface area contributed by atoms with Crippen LogP contribution in [-0.2, 0) is 14.4 Å². The van der Waals surface area contributed by atoms with Crippen molar-refractivity contribution in [3.63, 3.8) is 0 Å². The Balaban J connectivity index is 1.55. The van der Waals surface area contributed by atoms with Crippen molar-refractivity contribution >= 4 is 29.1 Å². The second-order valence-corrected chi connectivity index (χ2v) is 6.96. The van der Waals surface area contributed by atoms with Gasteiger partial charge in [0.1, 0.15) is 11.5 Å². The zero-order chi connectivity index (χ0) is 22.0. The highest BCUT2D eigenvalue weighted by Crippen LogP contribution is 2.28. The Morgan fingerprint density at radius 2 is 1.77 bits per heavy atom. The minimum Gasteiger partial charge on any atom is -0.497 e. The normalized spacial score (nSPS) is 17.9. The van der Waals surface area contributed by atoms with Gasteiger partial charge in [0.05, 0.1) is 19.9 Å². The van der Waals surface area contributed by atoms with E-state index in [0.717, 1.165) is 10.4 Å². The summed E-state index contributed by atoms with van der Waals surface area (Å²) in [5, 5.41) is 7.08. The first-order valence-electron chi connectivity index (χ1n) is 9.68. The number of methoxy groups -OCH3 is 2. The van der Waals surface area contributed by atoms with E-state index in [1.807, 2.05) is 29.2 Å². The zero-order valence-corrected chi connectivity index (χ0v) is 17.1. The van der Waals surface area contributed by atoms with E-state index in [-0.39, 0.29) is 6.54 Å². The highest BCUT2D eigenvalue weighted by molar-refractivity contribution is 6.32. The van der Waals surface area contributed by atoms with Crippen LogP contribution in [0.2, 0.25) is 0 Å². The summed E-state index contributed by atoms with van der Waals surface area (Å²) in [7, 11) is 3.08. The molecule has 10 nitrogen and oxygen atoms in total. The van der Waals surface area contributed by atoms with Crippen LogP contribution in [0.5, 0.6) is 11.5 Å². The number of nitrogens with one attached hydrogen (secondary N) is 1. The Labute approximate surface area is 178 Å². The average Bonchev–Trinajstić information content (AvgIpc) is 3.21. The van der Waals surface area contributed by atoms with Gasteiger partial charge in [-0.3, -0.25) is 14.5 Å². The van der Waals surface area contributed by atoms with Gasteiger partial charge in [-0.05, 0) is 41.1 Å². The number of nitrogens with zero attached hydrogens (tertiary/aromatic N) is 4. The van der Waals surface area contributed by atoms with Crippen molar-refractivity contribution in [2.24, 2.45) is 5.11 Å². The molecule has 1 saturated heterocycles. The third kappa shape index (κ3) is 3.91. The van der Waals surface area contributed by atoms with E-state index in [1.54, 1.807) is 31.4 Å². The van der Waals surface area contributed by atoms with Crippen LogP contribution in [0, 0.1) is 0 Å². The molecule has 2 aromatic rings. The molecule has 0 saturated carbocycles. The summed E-state index contributed by atoms with van der Waals surface area (Å²) in [4.78, 5) is 41.0. The number of carbonyl (C=O) groups excluding carboxylic acids is 3. The third-order valence-corrected chi connectivity index (χ3v) is 5.14. The summed E-state index contributed by atoms with van der Waals surface area (Å²) in [6.07, 6.45) is -0.697. The van der Waals surface area contributed by atoms with E-state index < -0.39 is 24.0 Å². The molecule has 31 heavy (non-hydrogen) atoms. The molecule has 2 heterocycles. The summed E-state index contributed by atoms with van der Waals surface area (Å²) in [6, 6.07) is 14.3. The first-order valence-corrected chi connectivity index (χ1v) is 9.68. The summed E-state index contributed by atoms with van der Waals surface area (Å²) in [5.74, 6) is -0.802. The van der Waals surface area contributed by atoms with E-state index in [2.05, 4.69) is 10.4 Å². The van der Waals surface area contributed by atoms with E-state index in [0.29, 0.717) is 30.3 Å². The third-order valence-electron chi connectivity index (χ3n) is 5.14. The Morgan fingerprint density at radius 3 is 2.48 bits per heavy atom. The number of fused-ring (bicyclic) bond motifs is 1. The van der Waals surface area contributed by atoms with E-state index in [4.69, 9.17) is 9.47 Å². The molecule has 4 rings (SSSR count). The molecular weight excluding hydrogens is 402 g/mol. The Kier molecular flexibility index (Phi) is 5.52. The van der Waals surface area contributed by atoms with Crippen LogP contribution in [0.1, 0.15) is 0 Å². The van der Waals surface area contributed by atoms with E-state index >= 15 is 0 Å². The first-order chi connectivity index (χ1) is 15.0. The molecule has 3 amide bonds. The number of azo groups is 2. The number of para-hydroxylation sites is 2. The van der Waals surface area contributed by atoms with Crippen LogP contribution in [0.25, 0.3) is 0 Å². The smallest absolute Gasteiger partial charge is 0.497 e. The molecule has 10 heteroatoms. The first kappa shape index (κ1) is 20.3. The maximum absolute atomic E-state index is 12.6. The second-order valence-electron chi connectivity index (χ2n) is 6.96. The lowest BCUT2D eigenvalue weighted by Gasteiger charge is -2.27. The molecule has 0 spiro atoms. The van der Waals surface area contributed by atoms with Gasteiger partial charge >= 0.3 is 11.8 Å². The predicted molar refractivity (Wildman–Crippen MR) is 110 cm³/mol. The van der Waals surface area contributed by atoms with Crippen LogP contribution in [0.15, 0.2) is 53.6 Å². The van der Waals surface area contributed by atoms with E-state index in [9.17, 15) is 14.4 Å². The number of carbonyl (C=O) groups is 3. The monoisotopic (exact) mass is 424 g/mol. The number of anilines is 2. The lowest BCUT2D eigenvalue weighted by atomic mass is 10.3. The Morgan fingerprint density at radius 1 is 1.06 bits per heavy atom. The van der Waals surface area contributed by atoms with Gasteiger partial charge in [-0.15, -0.1) is 0 Å². The molecule has 2 aliphatic heterocycles. The Hall–Kier alpha value is -3.95. The molecule has 2 aliphatic rings. The standard InChI is InChI=1S/C21H21N5O5/c1-30-15-9-7-14(8-10-15)24-11-12-25-19(28)20(29)26(23-21(24)25)13-18(27)22-16-5-3-4-6-17(16)31-2/h3-10,21H,11-13H2,1-2H3/p+1. The Bertz CT molecular complexity index is 1050. The highest BCUT2D eigenvalue weighted by Gasteiger charge is 2.49. The molecule has 0 bridgehead atoms. The summed E-state index contributed by atoms with van der Waals surface area (Å²) >= 11 is 0. The van der Waals surface area contributed by atoms with Crippen molar-refractivity contribution < 1.29 is 28.6 Å². The van der Waals surface area contributed by atoms with Crippen molar-refractivity contribution in [2.75, 3.05) is 44.1 Å². The second kappa shape index (κ2) is 8.42. The number of amides is 3. The van der Waals surface area contributed by atoms with Gasteiger partial charge in [-0.1, -0.05) is 12.1 Å². The van der Waals surface area contributed by atoms with Crippen molar-refractivity contribution in [1.29, 1.82) is 0 Å². The molecular formula is C21H22N5O5+. The van der Waals surface area contributed by atoms with Gasteiger partial charge in [-0.2, -0.15) is 0 Å². The van der Waals surface area contributed by atoms with Gasteiger partial charge in [0, 0.05) is 23.9 Å². The fourth-order valence-corrected chi connectivity index (χ4v) is 3.58. The highest BCUT2D eigenvalue weighted by atomic mass is 16.5. The van der Waals surface area contributed by atoms with Crippen LogP contribution in [-0.4, -0.2) is 67.5 Å². The molecule has 2 aromatic carbocycles. The molecule has 1 fully saturated rings. The average molecular weight is 424 g/mol. The summed E-state index contributed by atoms with van der Waals surface area (Å²) in [6.45, 7) is 0.496. The zero-order valence-electron chi connectivity index (χ0n) is 17.1. The number of benzene rings is 2. The van der Waals surface area contributed by atoms with Crippen LogP contribution in [0.3, 0.4) is 0 Å². The maximum atomic E-state index is 12.6. The van der Waals surface area contributed by atoms with Gasteiger partial charge in [-0.25, -0.2) is 4.79 Å². The van der Waals surface area contributed by atoms with Crippen LogP contribution < -0.4 is 19.7 Å². The van der Waals surface area contributed by atoms with Crippen LogP contribution >= 0.6 is 0 Å². The molecule has 0 aliphatic carbocycles. The van der Waals surface area contributed by atoms with E-state index in [1.165, 1.54) is 12.0 Å². The summed E-state index contributed by atoms with van der Waals surface area (Å²) < 4.78 is 11.3. The van der Waals surface area contributed by atoms with Crippen molar-refractivity contribution in [1.82, 2.24) is 4.90 Å². The predicted octanol–water partition coefficient (Wildman–Crippen LogP) is 1.28. The summed E-state index contributed by atoms with van der Waals surface area (Å²) in [5.41, 5.74) is 1.30. The van der Waals surface area contributed by atoms with Crippen molar-refractivity contribution in [2.45, 2.75) is 6.29 Å². The fourth-order valence-electron chi connectivity index (χ4n) is 3.58.